The van der Waals surface area contributed by atoms with Gasteiger partial charge in [-0.05, 0) is 12.5 Å². The van der Waals surface area contributed by atoms with E-state index >= 15 is 0 Å². The van der Waals surface area contributed by atoms with Gasteiger partial charge in [-0.2, -0.15) is 0 Å². The predicted octanol–water partition coefficient (Wildman–Crippen LogP) is 2.49. The van der Waals surface area contributed by atoms with Gasteiger partial charge in [0.15, 0.2) is 5.78 Å². The largest absolute Gasteiger partial charge is 0.465 e. The minimum Gasteiger partial charge on any atom is -0.465 e. The molecular weight excluding hydrogens is 304 g/mol. The van der Waals surface area contributed by atoms with Crippen LogP contribution >= 0.6 is 0 Å². The molecule has 0 unspecified atom stereocenters. The van der Waals surface area contributed by atoms with Crippen molar-refractivity contribution in [2.45, 2.75) is 25.9 Å². The van der Waals surface area contributed by atoms with E-state index in [0.29, 0.717) is 12.1 Å². The Bertz CT molecular complexity index is 644. The van der Waals surface area contributed by atoms with E-state index in [4.69, 9.17) is 4.74 Å². The highest BCUT2D eigenvalue weighted by molar-refractivity contribution is 5.98. The van der Waals surface area contributed by atoms with E-state index in [1.807, 2.05) is 36.4 Å². The van der Waals surface area contributed by atoms with E-state index in [1.54, 1.807) is 31.2 Å². The van der Waals surface area contributed by atoms with E-state index in [9.17, 15) is 9.59 Å². The number of hydrogen-bond acceptors (Lipinski definition) is 5. The molecule has 2 aromatic rings. The molecule has 0 aliphatic carbocycles. The van der Waals surface area contributed by atoms with E-state index in [1.165, 1.54) is 0 Å². The van der Waals surface area contributed by atoms with Gasteiger partial charge in [-0.15, -0.1) is 0 Å². The first-order valence-corrected chi connectivity index (χ1v) is 7.98. The quantitative estimate of drug-likeness (QED) is 0.421. The minimum atomic E-state index is -0.735. The fourth-order valence-electron chi connectivity index (χ4n) is 2.24. The number of nitrogens with one attached hydrogen (secondary N) is 2. The molecule has 24 heavy (non-hydrogen) atoms. The highest BCUT2D eigenvalue weighted by Crippen LogP contribution is 2.07. The van der Waals surface area contributed by atoms with Gasteiger partial charge in [0.1, 0.15) is 6.04 Å². The maximum atomic E-state index is 12.3. The van der Waals surface area contributed by atoms with Crippen molar-refractivity contribution in [1.29, 1.82) is 0 Å². The molecule has 0 bridgehead atoms. The molecule has 0 fully saturated rings. The van der Waals surface area contributed by atoms with Crippen molar-refractivity contribution in [2.24, 2.45) is 0 Å². The molecule has 0 heterocycles. The summed E-state index contributed by atoms with van der Waals surface area (Å²) < 4.78 is 5.05. The number of esters is 1. The maximum Gasteiger partial charge on any atom is 0.324 e. The third-order valence-electron chi connectivity index (χ3n) is 3.47. The minimum absolute atomic E-state index is 0.0324. The number of hydrogen-bond donors (Lipinski definition) is 2. The summed E-state index contributed by atoms with van der Waals surface area (Å²) in [6, 6.07) is 18.0. The van der Waals surface area contributed by atoms with Crippen molar-refractivity contribution in [3.8, 4) is 0 Å². The molecule has 5 heteroatoms. The molecular formula is C19H22N2O3. The van der Waals surface area contributed by atoms with E-state index in [0.717, 1.165) is 5.56 Å². The first kappa shape index (κ1) is 17.8. The molecule has 126 valence electrons. The Morgan fingerprint density at radius 2 is 1.62 bits per heavy atom. The zero-order chi connectivity index (χ0) is 17.2. The summed E-state index contributed by atoms with van der Waals surface area (Å²) in [5.74, 6) is -0.551. The van der Waals surface area contributed by atoms with Gasteiger partial charge < -0.3 is 4.74 Å². The molecule has 0 amide bonds. The second-order valence-corrected chi connectivity index (χ2v) is 5.28. The number of hydrazine groups is 1. The third-order valence-corrected chi connectivity index (χ3v) is 3.47. The van der Waals surface area contributed by atoms with Gasteiger partial charge in [-0.1, -0.05) is 60.7 Å². The number of ether oxygens (including phenoxy) is 1. The van der Waals surface area contributed by atoms with E-state index < -0.39 is 12.0 Å². The lowest BCUT2D eigenvalue weighted by Gasteiger charge is -2.17. The smallest absolute Gasteiger partial charge is 0.324 e. The van der Waals surface area contributed by atoms with Crippen LogP contribution in [0.15, 0.2) is 60.7 Å². The molecule has 0 aliphatic heterocycles. The molecule has 5 nitrogen and oxygen atoms in total. The van der Waals surface area contributed by atoms with Gasteiger partial charge in [-0.3, -0.25) is 15.0 Å². The fraction of sp³-hybridized carbons (Fsp3) is 0.263. The zero-order valence-corrected chi connectivity index (χ0v) is 13.7. The van der Waals surface area contributed by atoms with E-state index in [2.05, 4.69) is 10.9 Å². The van der Waals surface area contributed by atoms with Gasteiger partial charge in [0, 0.05) is 18.5 Å². The van der Waals surface area contributed by atoms with Crippen molar-refractivity contribution in [2.75, 3.05) is 6.61 Å². The molecule has 0 spiro atoms. The van der Waals surface area contributed by atoms with Crippen molar-refractivity contribution in [3.05, 3.63) is 71.8 Å². The Hall–Kier alpha value is -2.50. The summed E-state index contributed by atoms with van der Waals surface area (Å²) in [7, 11) is 0. The highest BCUT2D eigenvalue weighted by Gasteiger charge is 2.23. The number of Topliss-reactive ketones (excluding diaryl/α,β-unsaturated/α-hetero) is 1. The Balaban J connectivity index is 1.94. The lowest BCUT2D eigenvalue weighted by atomic mass is 10.0. The van der Waals surface area contributed by atoms with Gasteiger partial charge >= 0.3 is 5.97 Å². The summed E-state index contributed by atoms with van der Waals surface area (Å²) in [6.45, 7) is 2.55. The molecule has 1 atom stereocenters. The van der Waals surface area contributed by atoms with Crippen LogP contribution in [0.3, 0.4) is 0 Å². The van der Waals surface area contributed by atoms with Crippen LogP contribution < -0.4 is 10.9 Å². The average molecular weight is 326 g/mol. The molecule has 2 aromatic carbocycles. The van der Waals surface area contributed by atoms with Crippen LogP contribution in [0.4, 0.5) is 0 Å². The van der Waals surface area contributed by atoms with Crippen molar-refractivity contribution in [3.63, 3.8) is 0 Å². The number of rotatable bonds is 9. The standard InChI is InChI=1S/C19H22N2O3/c1-2-24-19(23)17(13-18(22)16-11-7-4-8-12-16)21-20-14-15-9-5-3-6-10-15/h3-12,17,20-21H,2,13-14H2,1H3/t17-/m1/s1. The van der Waals surface area contributed by atoms with Crippen LogP contribution in [-0.4, -0.2) is 24.4 Å². The molecule has 2 rings (SSSR count). The monoisotopic (exact) mass is 326 g/mol. The van der Waals surface area contributed by atoms with E-state index in [-0.39, 0.29) is 18.8 Å². The molecule has 0 saturated heterocycles. The topological polar surface area (TPSA) is 67.4 Å². The van der Waals surface area contributed by atoms with Gasteiger partial charge in [-0.25, -0.2) is 5.43 Å². The van der Waals surface area contributed by atoms with Gasteiger partial charge in [0.2, 0.25) is 0 Å². The first-order valence-electron chi connectivity index (χ1n) is 7.98. The molecule has 2 N–H and O–H groups in total. The predicted molar refractivity (Wildman–Crippen MR) is 92.2 cm³/mol. The summed E-state index contributed by atoms with van der Waals surface area (Å²) in [5, 5.41) is 0. The Labute approximate surface area is 142 Å². The lowest BCUT2D eigenvalue weighted by Crippen LogP contribution is -2.47. The van der Waals surface area contributed by atoms with Crippen molar-refractivity contribution < 1.29 is 14.3 Å². The Morgan fingerprint density at radius 1 is 1.00 bits per heavy atom. The number of ketones is 1. The van der Waals surface area contributed by atoms with Gasteiger partial charge in [0.25, 0.3) is 0 Å². The number of carbonyl (C=O) groups excluding carboxylic acids is 2. The van der Waals surface area contributed by atoms with Crippen LogP contribution in [0.1, 0.15) is 29.3 Å². The first-order chi connectivity index (χ1) is 11.7. The lowest BCUT2D eigenvalue weighted by molar-refractivity contribution is -0.145. The van der Waals surface area contributed by atoms with Crippen LogP contribution in [0.2, 0.25) is 0 Å². The van der Waals surface area contributed by atoms with Crippen molar-refractivity contribution in [1.82, 2.24) is 10.9 Å². The number of carbonyl (C=O) groups is 2. The molecule has 0 radical (unpaired) electrons. The van der Waals surface area contributed by atoms with Crippen LogP contribution in [-0.2, 0) is 16.1 Å². The Kier molecular flexibility index (Phi) is 7.14. The third kappa shape index (κ3) is 5.61. The molecule has 0 aromatic heterocycles. The van der Waals surface area contributed by atoms with Crippen molar-refractivity contribution >= 4 is 11.8 Å². The summed E-state index contributed by atoms with van der Waals surface area (Å²) in [6.07, 6.45) is 0.0324. The second kappa shape index (κ2) is 9.60. The van der Waals surface area contributed by atoms with Gasteiger partial charge in [0.05, 0.1) is 6.61 Å². The maximum absolute atomic E-state index is 12.3. The van der Waals surface area contributed by atoms with Crippen LogP contribution in [0, 0.1) is 0 Å². The zero-order valence-electron chi connectivity index (χ0n) is 13.7. The summed E-state index contributed by atoms with van der Waals surface area (Å²) in [5.41, 5.74) is 7.55. The highest BCUT2D eigenvalue weighted by atomic mass is 16.5. The van der Waals surface area contributed by atoms with Crippen LogP contribution in [0.5, 0.6) is 0 Å². The van der Waals surface area contributed by atoms with Crippen LogP contribution in [0.25, 0.3) is 0 Å². The molecule has 0 aliphatic rings. The second-order valence-electron chi connectivity index (χ2n) is 5.28. The SMILES string of the molecule is CCOC(=O)[C@@H](CC(=O)c1ccccc1)NNCc1ccccc1. The average Bonchev–Trinajstić information content (AvgIpc) is 2.62. The number of benzene rings is 2. The fourth-order valence-corrected chi connectivity index (χ4v) is 2.24. The molecule has 0 saturated carbocycles. The Morgan fingerprint density at radius 3 is 2.25 bits per heavy atom. The summed E-state index contributed by atoms with van der Waals surface area (Å²) in [4.78, 5) is 24.4. The normalized spacial score (nSPS) is 11.7. The summed E-state index contributed by atoms with van der Waals surface area (Å²) >= 11 is 0.